The van der Waals surface area contributed by atoms with E-state index in [0.717, 1.165) is 0 Å². The van der Waals surface area contributed by atoms with Crippen molar-refractivity contribution in [2.24, 2.45) is 5.92 Å². The van der Waals surface area contributed by atoms with Crippen molar-refractivity contribution in [1.29, 1.82) is 0 Å². The van der Waals surface area contributed by atoms with Crippen molar-refractivity contribution in [3.05, 3.63) is 0 Å². The van der Waals surface area contributed by atoms with Crippen molar-refractivity contribution in [3.63, 3.8) is 0 Å². The molecule has 13 heavy (non-hydrogen) atoms. The summed E-state index contributed by atoms with van der Waals surface area (Å²) in [5.41, 5.74) is 0. The zero-order valence-corrected chi connectivity index (χ0v) is 8.87. The van der Waals surface area contributed by atoms with E-state index in [1.807, 2.05) is 13.6 Å². The molecule has 0 aliphatic carbocycles. The van der Waals surface area contributed by atoms with Gasteiger partial charge in [0.1, 0.15) is 6.17 Å². The van der Waals surface area contributed by atoms with Crippen molar-refractivity contribution >= 4 is 23.7 Å². The zero-order chi connectivity index (χ0) is 9.84. The maximum absolute atomic E-state index is 13.4. The first-order valence-corrected chi connectivity index (χ1v) is 5.74. The Morgan fingerprint density at radius 2 is 2.38 bits per heavy atom. The highest BCUT2D eigenvalue weighted by Crippen LogP contribution is 2.29. The number of rotatable bonds is 4. The summed E-state index contributed by atoms with van der Waals surface area (Å²) in [5.74, 6) is -0.138. The largest absolute Gasteiger partial charge is 0.379 e. The lowest BCUT2D eigenvalue weighted by atomic mass is 9.50. The van der Waals surface area contributed by atoms with Crippen molar-refractivity contribution in [2.45, 2.75) is 25.2 Å². The lowest BCUT2D eigenvalue weighted by molar-refractivity contribution is 0.0393. The second-order valence-corrected chi connectivity index (χ2v) is 3.85. The van der Waals surface area contributed by atoms with Crippen LogP contribution >= 0.6 is 8.81 Å². The summed E-state index contributed by atoms with van der Waals surface area (Å²) in [7, 11) is 6.94. The highest BCUT2D eigenvalue weighted by molar-refractivity contribution is 7.31. The second-order valence-electron chi connectivity index (χ2n) is 3.15. The number of alkyl halides is 1. The van der Waals surface area contributed by atoms with Crippen LogP contribution in [0.3, 0.4) is 0 Å². The van der Waals surface area contributed by atoms with E-state index in [0.29, 0.717) is 15.4 Å². The zero-order valence-electron chi connectivity index (χ0n) is 7.87. The van der Waals surface area contributed by atoms with Crippen LogP contribution in [-0.2, 0) is 9.26 Å². The lowest BCUT2D eigenvalue weighted by Gasteiger charge is -2.14. The van der Waals surface area contributed by atoms with Crippen molar-refractivity contribution < 1.29 is 13.7 Å². The summed E-state index contributed by atoms with van der Waals surface area (Å²) in [4.78, 5) is 0. The van der Waals surface area contributed by atoms with Crippen molar-refractivity contribution in [3.8, 4) is 0 Å². The van der Waals surface area contributed by atoms with E-state index in [2.05, 4.69) is 0 Å². The molecule has 1 rings (SSSR count). The standard InChI is InChI=1S/C7H13B2FO2P/c1-4-5(3-11-13-2)12-7(9-8)6(4)10/h4-7,13H,3H2,1-2H3/t4-,5-,6+,7-/m0/s1. The smallest absolute Gasteiger partial charge is 0.123 e. The molecule has 1 unspecified atom stereocenters. The first-order chi connectivity index (χ1) is 6.20. The van der Waals surface area contributed by atoms with Gasteiger partial charge in [-0.3, -0.25) is 0 Å². The maximum Gasteiger partial charge on any atom is 0.123 e. The molecule has 71 valence electrons. The molecule has 0 saturated carbocycles. The highest BCUT2D eigenvalue weighted by atomic mass is 31.1. The summed E-state index contributed by atoms with van der Waals surface area (Å²) in [6.45, 7) is 4.21. The van der Waals surface area contributed by atoms with E-state index < -0.39 is 12.2 Å². The number of hydrogen-bond donors (Lipinski definition) is 0. The molecule has 0 aromatic carbocycles. The summed E-state index contributed by atoms with van der Waals surface area (Å²) in [5, 5.41) is 0. The van der Waals surface area contributed by atoms with Crippen LogP contribution in [0, 0.1) is 5.92 Å². The fourth-order valence-corrected chi connectivity index (χ4v) is 1.74. The summed E-state index contributed by atoms with van der Waals surface area (Å²) in [6, 6.07) is -0.566. The average Bonchev–Trinajstić information content (AvgIpc) is 2.41. The normalized spacial score (nSPS) is 40.2. The van der Waals surface area contributed by atoms with Crippen LogP contribution in [0.5, 0.6) is 0 Å². The highest BCUT2D eigenvalue weighted by Gasteiger charge is 2.40. The van der Waals surface area contributed by atoms with Crippen LogP contribution in [0.15, 0.2) is 0 Å². The Bertz CT molecular complexity index is 163. The Hall–Kier alpha value is 0.410. The predicted octanol–water partition coefficient (Wildman–Crippen LogP) is 0.713. The summed E-state index contributed by atoms with van der Waals surface area (Å²) >= 11 is 0. The summed E-state index contributed by atoms with van der Waals surface area (Å²) < 4.78 is 23.9. The lowest BCUT2D eigenvalue weighted by Crippen LogP contribution is -2.27. The molecule has 0 spiro atoms. The molecule has 1 aliphatic rings. The average molecular weight is 201 g/mol. The van der Waals surface area contributed by atoms with E-state index in [-0.39, 0.29) is 12.0 Å². The fourth-order valence-electron chi connectivity index (χ4n) is 1.41. The quantitative estimate of drug-likeness (QED) is 0.492. The molecule has 6 heteroatoms. The Kier molecular flexibility index (Phi) is 4.71. The van der Waals surface area contributed by atoms with E-state index >= 15 is 0 Å². The molecule has 0 N–H and O–H groups in total. The molecule has 0 aromatic heterocycles. The minimum atomic E-state index is -1.00. The van der Waals surface area contributed by atoms with Gasteiger partial charge in [0.05, 0.1) is 19.9 Å². The van der Waals surface area contributed by atoms with Crippen LogP contribution in [0.2, 0.25) is 0 Å². The van der Waals surface area contributed by atoms with Crippen molar-refractivity contribution in [2.75, 3.05) is 13.3 Å². The maximum atomic E-state index is 13.4. The van der Waals surface area contributed by atoms with Gasteiger partial charge in [-0.05, 0) is 6.66 Å². The molecule has 0 aromatic rings. The van der Waals surface area contributed by atoms with Gasteiger partial charge >= 0.3 is 0 Å². The molecule has 1 aliphatic heterocycles. The molecular formula is C7H13B2FO2P. The van der Waals surface area contributed by atoms with Gasteiger partial charge in [0, 0.05) is 28.5 Å². The molecule has 1 fully saturated rings. The monoisotopic (exact) mass is 201 g/mol. The SMILES string of the molecule is [B][B][C@H]1O[C@@H](COPC)[C@H](C)[C@H]1F. The van der Waals surface area contributed by atoms with Crippen LogP contribution in [0.1, 0.15) is 6.92 Å². The Morgan fingerprint density at radius 1 is 1.69 bits per heavy atom. The molecule has 1 heterocycles. The van der Waals surface area contributed by atoms with Crippen LogP contribution in [0.25, 0.3) is 0 Å². The van der Waals surface area contributed by atoms with Gasteiger partial charge in [0.25, 0.3) is 0 Å². The predicted molar refractivity (Wildman–Crippen MR) is 54.4 cm³/mol. The van der Waals surface area contributed by atoms with E-state index in [1.165, 1.54) is 7.17 Å². The van der Waals surface area contributed by atoms with E-state index in [1.54, 1.807) is 0 Å². The Labute approximate surface area is 82.4 Å². The molecule has 1 saturated heterocycles. The number of ether oxygens (including phenoxy) is 1. The Morgan fingerprint density at radius 3 is 2.85 bits per heavy atom. The van der Waals surface area contributed by atoms with Crippen LogP contribution < -0.4 is 0 Å². The van der Waals surface area contributed by atoms with Gasteiger partial charge < -0.3 is 9.26 Å². The minimum Gasteiger partial charge on any atom is -0.379 e. The first-order valence-electron chi connectivity index (χ1n) is 4.33. The van der Waals surface area contributed by atoms with E-state index in [4.69, 9.17) is 17.0 Å². The van der Waals surface area contributed by atoms with Gasteiger partial charge in [-0.25, -0.2) is 4.39 Å². The summed E-state index contributed by atoms with van der Waals surface area (Å²) in [6.07, 6.45) is -1.16. The third-order valence-electron chi connectivity index (χ3n) is 2.32. The van der Waals surface area contributed by atoms with Gasteiger partial charge in [-0.2, -0.15) is 0 Å². The van der Waals surface area contributed by atoms with Gasteiger partial charge in [0.2, 0.25) is 0 Å². The van der Waals surface area contributed by atoms with Gasteiger partial charge in [0.15, 0.2) is 0 Å². The van der Waals surface area contributed by atoms with Gasteiger partial charge in [-0.1, -0.05) is 6.92 Å². The molecule has 2 nitrogen and oxygen atoms in total. The second kappa shape index (κ2) is 5.33. The number of hydrogen-bond acceptors (Lipinski definition) is 2. The van der Waals surface area contributed by atoms with Crippen LogP contribution in [-0.4, -0.2) is 46.5 Å². The first kappa shape index (κ1) is 11.5. The third kappa shape index (κ3) is 2.68. The molecule has 5 atom stereocenters. The molecule has 3 radical (unpaired) electrons. The molecule has 0 amide bonds. The van der Waals surface area contributed by atoms with E-state index in [9.17, 15) is 4.39 Å². The number of halogens is 1. The minimum absolute atomic E-state index is 0.138. The fraction of sp³-hybridized carbons (Fsp3) is 1.00. The Balaban J connectivity index is 2.40. The van der Waals surface area contributed by atoms with Crippen LogP contribution in [0.4, 0.5) is 4.39 Å². The van der Waals surface area contributed by atoms with Gasteiger partial charge in [-0.15, -0.1) is 0 Å². The molecular weight excluding hydrogens is 188 g/mol. The molecule has 0 bridgehead atoms. The third-order valence-corrected chi connectivity index (χ3v) is 2.77. The van der Waals surface area contributed by atoms with Crippen molar-refractivity contribution in [1.82, 2.24) is 0 Å². The topological polar surface area (TPSA) is 18.5 Å².